The largest absolute Gasteiger partial charge is 0.478 e. The molecule has 5 heteroatoms. The number of aromatic carboxylic acids is 1. The number of carboxylic acid groups (broad SMARTS) is 1. The van der Waals surface area contributed by atoms with Gasteiger partial charge < -0.3 is 14.7 Å². The smallest absolute Gasteiger partial charge is 0.335 e. The van der Waals surface area contributed by atoms with E-state index in [2.05, 4.69) is 0 Å². The molecule has 2 aromatic rings. The lowest BCUT2D eigenvalue weighted by atomic mass is 9.96. The predicted octanol–water partition coefficient (Wildman–Crippen LogP) is 2.66. The van der Waals surface area contributed by atoms with Crippen molar-refractivity contribution in [2.45, 2.75) is 19.1 Å². The average molecular weight is 325 g/mol. The number of carboxylic acids is 1. The van der Waals surface area contributed by atoms with Crippen LogP contribution in [0.2, 0.25) is 0 Å². The highest BCUT2D eigenvalue weighted by atomic mass is 16.5. The number of amides is 1. The van der Waals surface area contributed by atoms with Gasteiger partial charge in [0.2, 0.25) is 0 Å². The Morgan fingerprint density at radius 3 is 2.54 bits per heavy atom. The van der Waals surface area contributed by atoms with Gasteiger partial charge in [0, 0.05) is 20.2 Å². The normalized spacial score (nSPS) is 14.8. The van der Waals surface area contributed by atoms with Gasteiger partial charge in [0.15, 0.2) is 6.10 Å². The number of methoxy groups -OCH3 is 1. The highest BCUT2D eigenvalue weighted by Gasteiger charge is 2.28. The molecular weight excluding hydrogens is 306 g/mol. The minimum Gasteiger partial charge on any atom is -0.478 e. The van der Waals surface area contributed by atoms with E-state index in [-0.39, 0.29) is 11.5 Å². The molecule has 1 aliphatic heterocycles. The van der Waals surface area contributed by atoms with Crippen molar-refractivity contribution in [1.29, 1.82) is 0 Å². The lowest BCUT2D eigenvalue weighted by Crippen LogP contribution is -2.39. The van der Waals surface area contributed by atoms with Crippen LogP contribution < -0.4 is 0 Å². The molecule has 0 aromatic heterocycles. The quantitative estimate of drug-likeness (QED) is 0.938. The number of ether oxygens (including phenoxy) is 1. The molecule has 0 radical (unpaired) electrons. The molecule has 1 atom stereocenters. The molecule has 124 valence electrons. The van der Waals surface area contributed by atoms with Gasteiger partial charge in [0.25, 0.3) is 5.91 Å². The molecule has 1 N–H and O–H groups in total. The Balaban J connectivity index is 1.82. The maximum Gasteiger partial charge on any atom is 0.335 e. The van der Waals surface area contributed by atoms with Crippen molar-refractivity contribution in [2.24, 2.45) is 0 Å². The summed E-state index contributed by atoms with van der Waals surface area (Å²) in [6, 6.07) is 14.5. The Bertz CT molecular complexity index is 757. The van der Waals surface area contributed by atoms with Crippen molar-refractivity contribution in [1.82, 2.24) is 4.90 Å². The van der Waals surface area contributed by atoms with Gasteiger partial charge >= 0.3 is 5.97 Å². The number of hydrogen-bond acceptors (Lipinski definition) is 3. The highest BCUT2D eigenvalue weighted by Crippen LogP contribution is 2.25. The van der Waals surface area contributed by atoms with Gasteiger partial charge in [-0.1, -0.05) is 36.4 Å². The van der Waals surface area contributed by atoms with E-state index in [1.165, 1.54) is 7.11 Å². The molecule has 1 unspecified atom stereocenters. The highest BCUT2D eigenvalue weighted by molar-refractivity contribution is 5.88. The molecule has 0 saturated carbocycles. The molecule has 1 heterocycles. The van der Waals surface area contributed by atoms with Gasteiger partial charge in [0.05, 0.1) is 5.56 Å². The van der Waals surface area contributed by atoms with Crippen LogP contribution in [-0.4, -0.2) is 35.5 Å². The number of hydrogen-bond donors (Lipinski definition) is 1. The zero-order chi connectivity index (χ0) is 17.1. The molecule has 2 aromatic carbocycles. The summed E-state index contributed by atoms with van der Waals surface area (Å²) in [6.07, 6.45) is 0.0713. The molecule has 0 saturated heterocycles. The monoisotopic (exact) mass is 325 g/mol. The van der Waals surface area contributed by atoms with Crippen LogP contribution in [0.3, 0.4) is 0 Å². The Kier molecular flexibility index (Phi) is 4.62. The number of benzene rings is 2. The second-order valence-corrected chi connectivity index (χ2v) is 5.82. The SMILES string of the molecule is COC(C(=O)N1CCc2ccc(C(=O)O)cc2C1)c1ccccc1. The van der Waals surface area contributed by atoms with Crippen LogP contribution in [-0.2, 0) is 22.5 Å². The fourth-order valence-electron chi connectivity index (χ4n) is 3.05. The zero-order valence-corrected chi connectivity index (χ0v) is 13.4. The number of nitrogens with zero attached hydrogens (tertiary/aromatic N) is 1. The van der Waals surface area contributed by atoms with E-state index in [1.807, 2.05) is 36.4 Å². The van der Waals surface area contributed by atoms with Crippen molar-refractivity contribution in [2.75, 3.05) is 13.7 Å². The predicted molar refractivity (Wildman–Crippen MR) is 88.7 cm³/mol. The van der Waals surface area contributed by atoms with Gasteiger partial charge in [-0.05, 0) is 35.2 Å². The number of rotatable bonds is 4. The Labute approximate surface area is 140 Å². The molecule has 24 heavy (non-hydrogen) atoms. The summed E-state index contributed by atoms with van der Waals surface area (Å²) >= 11 is 0. The zero-order valence-electron chi connectivity index (χ0n) is 13.4. The molecule has 0 aliphatic carbocycles. The van der Waals surface area contributed by atoms with Gasteiger partial charge in [-0.15, -0.1) is 0 Å². The Morgan fingerprint density at radius 2 is 1.88 bits per heavy atom. The van der Waals surface area contributed by atoms with Crippen molar-refractivity contribution < 1.29 is 19.4 Å². The summed E-state index contributed by atoms with van der Waals surface area (Å²) in [5.41, 5.74) is 3.04. The molecular formula is C19H19NO4. The van der Waals surface area contributed by atoms with Crippen LogP contribution in [0.4, 0.5) is 0 Å². The fraction of sp³-hybridized carbons (Fsp3) is 0.263. The van der Waals surface area contributed by atoms with Crippen LogP contribution in [0.25, 0.3) is 0 Å². The summed E-state index contributed by atoms with van der Waals surface area (Å²) in [7, 11) is 1.52. The third-order valence-corrected chi connectivity index (χ3v) is 4.34. The van der Waals surface area contributed by atoms with Gasteiger partial charge in [0.1, 0.15) is 0 Å². The van der Waals surface area contributed by atoms with E-state index in [4.69, 9.17) is 9.84 Å². The second-order valence-electron chi connectivity index (χ2n) is 5.82. The van der Waals surface area contributed by atoms with E-state index in [9.17, 15) is 9.59 Å². The van der Waals surface area contributed by atoms with Crippen molar-refractivity contribution in [3.8, 4) is 0 Å². The first-order valence-electron chi connectivity index (χ1n) is 7.82. The summed E-state index contributed by atoms with van der Waals surface area (Å²) in [5, 5.41) is 9.14. The third-order valence-electron chi connectivity index (χ3n) is 4.34. The minimum absolute atomic E-state index is 0.102. The van der Waals surface area contributed by atoms with Crippen molar-refractivity contribution >= 4 is 11.9 Å². The van der Waals surface area contributed by atoms with E-state index >= 15 is 0 Å². The van der Waals surface area contributed by atoms with E-state index in [0.29, 0.717) is 19.5 Å². The first-order chi connectivity index (χ1) is 11.6. The Hall–Kier alpha value is -2.66. The van der Waals surface area contributed by atoms with E-state index < -0.39 is 12.1 Å². The van der Waals surface area contributed by atoms with Crippen LogP contribution in [0.15, 0.2) is 48.5 Å². The topological polar surface area (TPSA) is 66.8 Å². The number of carbonyl (C=O) groups excluding carboxylic acids is 1. The standard InChI is InChI=1S/C19H19NO4/c1-24-17(14-5-3-2-4-6-14)18(21)20-10-9-13-7-8-15(19(22)23)11-16(13)12-20/h2-8,11,17H,9-10,12H2,1H3,(H,22,23). The maximum atomic E-state index is 12.8. The van der Waals surface area contributed by atoms with Crippen molar-refractivity contribution in [3.05, 3.63) is 70.8 Å². The summed E-state index contributed by atoms with van der Waals surface area (Å²) in [6.45, 7) is 1.01. The van der Waals surface area contributed by atoms with Crippen LogP contribution in [0.5, 0.6) is 0 Å². The maximum absolute atomic E-state index is 12.8. The number of fused-ring (bicyclic) bond motifs is 1. The lowest BCUT2D eigenvalue weighted by Gasteiger charge is -2.31. The van der Waals surface area contributed by atoms with E-state index in [1.54, 1.807) is 17.0 Å². The first-order valence-corrected chi connectivity index (χ1v) is 7.82. The molecule has 0 fully saturated rings. The van der Waals surface area contributed by atoms with Gasteiger partial charge in [-0.25, -0.2) is 4.79 Å². The molecule has 0 spiro atoms. The molecule has 5 nitrogen and oxygen atoms in total. The molecule has 1 amide bonds. The van der Waals surface area contributed by atoms with Crippen LogP contribution in [0, 0.1) is 0 Å². The number of carbonyl (C=O) groups is 2. The van der Waals surface area contributed by atoms with Gasteiger partial charge in [-0.2, -0.15) is 0 Å². The van der Waals surface area contributed by atoms with Crippen LogP contribution in [0.1, 0.15) is 33.2 Å². The third kappa shape index (κ3) is 3.16. The molecule has 1 aliphatic rings. The lowest BCUT2D eigenvalue weighted by molar-refractivity contribution is -0.143. The first kappa shape index (κ1) is 16.2. The fourth-order valence-corrected chi connectivity index (χ4v) is 3.05. The Morgan fingerprint density at radius 1 is 1.12 bits per heavy atom. The molecule has 0 bridgehead atoms. The van der Waals surface area contributed by atoms with E-state index in [0.717, 1.165) is 16.7 Å². The second kappa shape index (κ2) is 6.84. The summed E-state index contributed by atoms with van der Waals surface area (Å²) < 4.78 is 5.42. The molecule has 3 rings (SSSR count). The minimum atomic E-state index is -0.958. The summed E-state index contributed by atoms with van der Waals surface area (Å²) in [4.78, 5) is 25.7. The van der Waals surface area contributed by atoms with Crippen LogP contribution >= 0.6 is 0 Å². The summed E-state index contributed by atoms with van der Waals surface area (Å²) in [5.74, 6) is -1.06. The van der Waals surface area contributed by atoms with Gasteiger partial charge in [-0.3, -0.25) is 4.79 Å². The average Bonchev–Trinajstić information content (AvgIpc) is 2.62. The van der Waals surface area contributed by atoms with Crippen molar-refractivity contribution in [3.63, 3.8) is 0 Å².